The smallest absolute Gasteiger partial charge is 0.167 e. The van der Waals surface area contributed by atoms with E-state index in [1.54, 1.807) is 0 Å². The van der Waals surface area contributed by atoms with Gasteiger partial charge in [-0.25, -0.2) is 4.74 Å². The molecule has 3 heteroatoms. The fraction of sp³-hybridized carbons (Fsp3) is 0.800. The molecule has 2 N–H and O–H groups in total. The van der Waals surface area contributed by atoms with E-state index < -0.39 is 0 Å². The molecule has 0 amide bonds. The Labute approximate surface area is 48.4 Å². The van der Waals surface area contributed by atoms with E-state index in [-0.39, 0.29) is 6.04 Å². The van der Waals surface area contributed by atoms with Crippen LogP contribution in [0.3, 0.4) is 0 Å². The third kappa shape index (κ3) is 1.20. The Balaban J connectivity index is 2.50. The summed E-state index contributed by atoms with van der Waals surface area (Å²) in [4.78, 5) is 0. The quantitative estimate of drug-likeness (QED) is 0.347. The SMILES string of the molecule is NC1C=[N+]([O-])CCC1. The van der Waals surface area contributed by atoms with Crippen LogP contribution in [0.15, 0.2) is 0 Å². The molecule has 0 saturated carbocycles. The van der Waals surface area contributed by atoms with Crippen LogP contribution in [0.1, 0.15) is 12.8 Å². The van der Waals surface area contributed by atoms with Crippen LogP contribution in [0.25, 0.3) is 0 Å². The van der Waals surface area contributed by atoms with E-state index in [0.717, 1.165) is 17.6 Å². The zero-order chi connectivity index (χ0) is 5.98. The van der Waals surface area contributed by atoms with E-state index in [1.807, 2.05) is 0 Å². The van der Waals surface area contributed by atoms with Gasteiger partial charge in [0.2, 0.25) is 0 Å². The van der Waals surface area contributed by atoms with Gasteiger partial charge in [-0.2, -0.15) is 0 Å². The molecule has 0 fully saturated rings. The van der Waals surface area contributed by atoms with Crippen molar-refractivity contribution in [3.63, 3.8) is 0 Å². The summed E-state index contributed by atoms with van der Waals surface area (Å²) in [5, 5.41) is 10.5. The van der Waals surface area contributed by atoms with Gasteiger partial charge in [0.05, 0.1) is 6.04 Å². The number of hydroxylamine groups is 1. The van der Waals surface area contributed by atoms with Gasteiger partial charge in [-0.3, -0.25) is 0 Å². The Morgan fingerprint density at radius 2 is 2.50 bits per heavy atom. The van der Waals surface area contributed by atoms with Crippen molar-refractivity contribution in [2.75, 3.05) is 6.54 Å². The van der Waals surface area contributed by atoms with Gasteiger partial charge in [0.15, 0.2) is 12.8 Å². The minimum atomic E-state index is 0.00116. The summed E-state index contributed by atoms with van der Waals surface area (Å²) in [5.74, 6) is 0. The summed E-state index contributed by atoms with van der Waals surface area (Å²) in [6, 6.07) is 0.00116. The average molecular weight is 114 g/mol. The van der Waals surface area contributed by atoms with Crippen molar-refractivity contribution < 1.29 is 4.74 Å². The van der Waals surface area contributed by atoms with Crippen LogP contribution in [0.2, 0.25) is 0 Å². The summed E-state index contributed by atoms with van der Waals surface area (Å²) in [6.07, 6.45) is 3.42. The minimum Gasteiger partial charge on any atom is -0.624 e. The molecule has 0 saturated heterocycles. The Morgan fingerprint density at radius 1 is 1.75 bits per heavy atom. The molecule has 3 nitrogen and oxygen atoms in total. The Kier molecular flexibility index (Phi) is 1.48. The molecular weight excluding hydrogens is 104 g/mol. The molecule has 0 aliphatic carbocycles. The first-order valence-electron chi connectivity index (χ1n) is 2.83. The lowest BCUT2D eigenvalue weighted by Crippen LogP contribution is -2.31. The van der Waals surface area contributed by atoms with Crippen molar-refractivity contribution >= 4 is 6.21 Å². The zero-order valence-corrected chi connectivity index (χ0v) is 4.71. The fourth-order valence-corrected chi connectivity index (χ4v) is 0.845. The van der Waals surface area contributed by atoms with Gasteiger partial charge >= 0.3 is 0 Å². The van der Waals surface area contributed by atoms with Crippen molar-refractivity contribution in [2.45, 2.75) is 18.9 Å². The lowest BCUT2D eigenvalue weighted by Gasteiger charge is -2.12. The minimum absolute atomic E-state index is 0.00116. The van der Waals surface area contributed by atoms with Crippen LogP contribution >= 0.6 is 0 Å². The highest BCUT2D eigenvalue weighted by Gasteiger charge is 2.09. The predicted octanol–water partition coefficient (Wildman–Crippen LogP) is -0.311. The number of hydrogen-bond acceptors (Lipinski definition) is 2. The molecule has 1 rings (SSSR count). The van der Waals surface area contributed by atoms with E-state index in [1.165, 1.54) is 6.21 Å². The number of rotatable bonds is 0. The maximum atomic E-state index is 10.5. The summed E-state index contributed by atoms with van der Waals surface area (Å²) in [7, 11) is 0. The van der Waals surface area contributed by atoms with E-state index in [4.69, 9.17) is 5.73 Å². The number of hydrogen-bond donors (Lipinski definition) is 1. The largest absolute Gasteiger partial charge is 0.624 e. The highest BCUT2D eigenvalue weighted by atomic mass is 16.5. The molecule has 8 heavy (non-hydrogen) atoms. The normalized spacial score (nSPS) is 29.6. The maximum absolute atomic E-state index is 10.5. The molecule has 1 aliphatic rings. The van der Waals surface area contributed by atoms with Gasteiger partial charge < -0.3 is 10.9 Å². The van der Waals surface area contributed by atoms with Gasteiger partial charge in [0.25, 0.3) is 0 Å². The monoisotopic (exact) mass is 114 g/mol. The molecule has 0 aromatic carbocycles. The van der Waals surface area contributed by atoms with Crippen molar-refractivity contribution in [3.05, 3.63) is 5.21 Å². The highest BCUT2D eigenvalue weighted by Crippen LogP contribution is 1.97. The Bertz CT molecular complexity index is 111. The van der Waals surface area contributed by atoms with Crippen LogP contribution in [0, 0.1) is 5.21 Å². The van der Waals surface area contributed by atoms with Gasteiger partial charge in [-0.15, -0.1) is 0 Å². The summed E-state index contributed by atoms with van der Waals surface area (Å²) >= 11 is 0. The van der Waals surface area contributed by atoms with Crippen molar-refractivity contribution in [1.29, 1.82) is 0 Å². The molecule has 0 bridgehead atoms. The van der Waals surface area contributed by atoms with E-state index in [2.05, 4.69) is 0 Å². The van der Waals surface area contributed by atoms with E-state index in [9.17, 15) is 5.21 Å². The maximum Gasteiger partial charge on any atom is 0.167 e. The third-order valence-electron chi connectivity index (χ3n) is 1.27. The van der Waals surface area contributed by atoms with E-state index in [0.29, 0.717) is 6.54 Å². The van der Waals surface area contributed by atoms with Gasteiger partial charge in [0, 0.05) is 6.42 Å². The first-order chi connectivity index (χ1) is 3.79. The standard InChI is InChI=1S/C5H10N2O/c6-5-2-1-3-7(8)4-5/h4-5H,1-3,6H2. The molecule has 1 atom stereocenters. The highest BCUT2D eigenvalue weighted by molar-refractivity contribution is 5.59. The van der Waals surface area contributed by atoms with Crippen LogP contribution in [0.4, 0.5) is 0 Å². The van der Waals surface area contributed by atoms with Crippen LogP contribution < -0.4 is 5.73 Å². The number of nitrogens with zero attached hydrogens (tertiary/aromatic N) is 1. The molecule has 1 unspecified atom stereocenters. The van der Waals surface area contributed by atoms with Crippen molar-refractivity contribution in [1.82, 2.24) is 0 Å². The second kappa shape index (κ2) is 2.13. The van der Waals surface area contributed by atoms with Crippen LogP contribution in [-0.4, -0.2) is 23.5 Å². The van der Waals surface area contributed by atoms with Gasteiger partial charge in [0.1, 0.15) is 0 Å². The molecular formula is C5H10N2O. The van der Waals surface area contributed by atoms with Crippen molar-refractivity contribution in [3.8, 4) is 0 Å². The zero-order valence-electron chi connectivity index (χ0n) is 4.71. The van der Waals surface area contributed by atoms with Gasteiger partial charge in [-0.05, 0) is 6.42 Å². The van der Waals surface area contributed by atoms with Gasteiger partial charge in [-0.1, -0.05) is 0 Å². The van der Waals surface area contributed by atoms with Crippen LogP contribution in [0.5, 0.6) is 0 Å². The van der Waals surface area contributed by atoms with Crippen LogP contribution in [-0.2, 0) is 0 Å². The first kappa shape index (κ1) is 5.56. The Morgan fingerprint density at radius 3 is 2.88 bits per heavy atom. The summed E-state index contributed by atoms with van der Waals surface area (Å²) in [6.45, 7) is 0.619. The first-order valence-corrected chi connectivity index (χ1v) is 2.83. The van der Waals surface area contributed by atoms with Crippen molar-refractivity contribution in [2.24, 2.45) is 5.73 Å². The molecule has 0 aromatic rings. The molecule has 0 radical (unpaired) electrons. The lowest BCUT2D eigenvalue weighted by molar-refractivity contribution is -0.459. The molecule has 0 aromatic heterocycles. The molecule has 1 aliphatic heterocycles. The topological polar surface area (TPSA) is 52.1 Å². The Hall–Kier alpha value is -0.570. The average Bonchev–Trinajstić information content (AvgIpc) is 1.64. The summed E-state index contributed by atoms with van der Waals surface area (Å²) in [5.41, 5.74) is 5.43. The molecule has 46 valence electrons. The molecule has 1 heterocycles. The third-order valence-corrected chi connectivity index (χ3v) is 1.27. The second-order valence-electron chi connectivity index (χ2n) is 2.10. The molecule has 0 spiro atoms. The summed E-state index contributed by atoms with van der Waals surface area (Å²) < 4.78 is 0.911. The fourth-order valence-electron chi connectivity index (χ4n) is 0.845. The lowest BCUT2D eigenvalue weighted by atomic mass is 10.1. The predicted molar refractivity (Wildman–Crippen MR) is 31.8 cm³/mol. The second-order valence-corrected chi connectivity index (χ2v) is 2.10. The van der Waals surface area contributed by atoms with E-state index >= 15 is 0 Å². The number of nitrogens with two attached hydrogens (primary N) is 1.